The second-order valence-corrected chi connectivity index (χ2v) is 6.50. The van der Waals surface area contributed by atoms with Crippen molar-refractivity contribution in [2.24, 2.45) is 0 Å². The molecule has 0 aliphatic carbocycles. The molecule has 4 rings (SSSR count). The number of nitrogens with zero attached hydrogens (tertiary/aromatic N) is 5. The van der Waals surface area contributed by atoms with Crippen LogP contribution in [0, 0.1) is 5.82 Å². The third kappa shape index (κ3) is 3.59. The van der Waals surface area contributed by atoms with Crippen molar-refractivity contribution in [2.75, 3.05) is 23.3 Å². The maximum Gasteiger partial charge on any atom is 0.226 e. The van der Waals surface area contributed by atoms with Gasteiger partial charge in [0.15, 0.2) is 5.82 Å². The Labute approximate surface area is 158 Å². The van der Waals surface area contributed by atoms with Crippen molar-refractivity contribution in [3.05, 3.63) is 41.6 Å². The number of rotatable bonds is 5. The van der Waals surface area contributed by atoms with Gasteiger partial charge in [-0.05, 0) is 24.6 Å². The second-order valence-electron chi connectivity index (χ2n) is 6.10. The number of aromatic nitrogens is 4. The van der Waals surface area contributed by atoms with Crippen LogP contribution in [0.4, 0.5) is 21.8 Å². The highest BCUT2D eigenvalue weighted by atomic mass is 35.5. The number of amides is 1. The lowest BCUT2D eigenvalue weighted by Gasteiger charge is -2.16. The van der Waals surface area contributed by atoms with Crippen LogP contribution in [0.1, 0.15) is 6.42 Å². The predicted octanol–water partition coefficient (Wildman–Crippen LogP) is 2.28. The first-order valence-electron chi connectivity index (χ1n) is 8.28. The molecule has 0 bridgehead atoms. The average molecular weight is 388 g/mol. The van der Waals surface area contributed by atoms with Gasteiger partial charge in [-0.2, -0.15) is 0 Å². The molecule has 10 heteroatoms. The van der Waals surface area contributed by atoms with Crippen LogP contribution in [-0.4, -0.2) is 45.5 Å². The standard InChI is InChI=1S/C17H15ClFN7O/c18-12-5-10(1-2-13(12)19)24-16-15-14(21-8-22-16)6-20-17(25-15)26-4-3-11(7-26)23-9-27/h1-2,5-6,8-9,11H,3-4,7H2,(H,23,27)(H,21,22,24). The zero-order chi connectivity index (χ0) is 18.8. The summed E-state index contributed by atoms with van der Waals surface area (Å²) in [5, 5.41) is 5.88. The summed E-state index contributed by atoms with van der Waals surface area (Å²) in [6.45, 7) is 1.37. The molecule has 0 spiro atoms. The first-order valence-corrected chi connectivity index (χ1v) is 8.66. The molecule has 1 atom stereocenters. The Balaban J connectivity index is 1.65. The fourth-order valence-corrected chi connectivity index (χ4v) is 3.15. The van der Waals surface area contributed by atoms with Gasteiger partial charge in [-0.3, -0.25) is 4.79 Å². The predicted molar refractivity (Wildman–Crippen MR) is 99.6 cm³/mol. The molecule has 2 aromatic heterocycles. The van der Waals surface area contributed by atoms with Gasteiger partial charge in [0, 0.05) is 24.8 Å². The third-order valence-corrected chi connectivity index (χ3v) is 4.61. The summed E-state index contributed by atoms with van der Waals surface area (Å²) in [6, 6.07) is 4.39. The number of nitrogens with one attached hydrogen (secondary N) is 2. The van der Waals surface area contributed by atoms with Crippen molar-refractivity contribution >= 4 is 46.5 Å². The van der Waals surface area contributed by atoms with Gasteiger partial charge in [0.25, 0.3) is 0 Å². The molecule has 1 aromatic carbocycles. The SMILES string of the molecule is O=CNC1CCN(c2ncc3ncnc(Nc4ccc(F)c(Cl)c4)c3n2)C1. The van der Waals surface area contributed by atoms with Gasteiger partial charge in [-0.1, -0.05) is 11.6 Å². The molecule has 1 aliphatic rings. The van der Waals surface area contributed by atoms with Gasteiger partial charge in [-0.15, -0.1) is 0 Å². The summed E-state index contributed by atoms with van der Waals surface area (Å²) >= 11 is 5.84. The quantitative estimate of drug-likeness (QED) is 0.648. The molecule has 27 heavy (non-hydrogen) atoms. The highest BCUT2D eigenvalue weighted by molar-refractivity contribution is 6.31. The number of hydrogen-bond donors (Lipinski definition) is 2. The van der Waals surface area contributed by atoms with Gasteiger partial charge in [0.2, 0.25) is 12.4 Å². The van der Waals surface area contributed by atoms with Gasteiger partial charge >= 0.3 is 0 Å². The molecule has 138 valence electrons. The van der Waals surface area contributed by atoms with E-state index in [-0.39, 0.29) is 11.1 Å². The molecular weight excluding hydrogens is 373 g/mol. The largest absolute Gasteiger partial charge is 0.354 e. The number of carbonyl (C=O) groups is 1. The van der Waals surface area contributed by atoms with E-state index in [1.54, 1.807) is 12.3 Å². The molecule has 0 saturated carbocycles. The smallest absolute Gasteiger partial charge is 0.226 e. The summed E-state index contributed by atoms with van der Waals surface area (Å²) < 4.78 is 13.4. The first kappa shape index (κ1) is 17.3. The molecule has 1 fully saturated rings. The Morgan fingerprint density at radius 2 is 2.19 bits per heavy atom. The minimum absolute atomic E-state index is 0.0134. The lowest BCUT2D eigenvalue weighted by atomic mass is 10.3. The van der Waals surface area contributed by atoms with Gasteiger partial charge < -0.3 is 15.5 Å². The van der Waals surface area contributed by atoms with Crippen molar-refractivity contribution in [3.8, 4) is 0 Å². The van der Waals surface area contributed by atoms with E-state index in [0.29, 0.717) is 41.4 Å². The van der Waals surface area contributed by atoms with Crippen LogP contribution in [0.15, 0.2) is 30.7 Å². The van der Waals surface area contributed by atoms with E-state index in [1.807, 2.05) is 4.90 Å². The highest BCUT2D eigenvalue weighted by Gasteiger charge is 2.24. The number of hydrogen-bond acceptors (Lipinski definition) is 7. The van der Waals surface area contributed by atoms with Gasteiger partial charge in [-0.25, -0.2) is 24.3 Å². The summed E-state index contributed by atoms with van der Waals surface area (Å²) in [7, 11) is 0. The molecule has 1 unspecified atom stereocenters. The van der Waals surface area contributed by atoms with Crippen LogP contribution >= 0.6 is 11.6 Å². The lowest BCUT2D eigenvalue weighted by molar-refractivity contribution is -0.110. The number of fused-ring (bicyclic) bond motifs is 1. The van der Waals surface area contributed by atoms with E-state index in [0.717, 1.165) is 13.0 Å². The van der Waals surface area contributed by atoms with E-state index in [1.165, 1.54) is 18.5 Å². The molecule has 8 nitrogen and oxygen atoms in total. The zero-order valence-electron chi connectivity index (χ0n) is 14.1. The highest BCUT2D eigenvalue weighted by Crippen LogP contribution is 2.26. The molecule has 0 radical (unpaired) electrons. The van der Waals surface area contributed by atoms with Crippen LogP contribution in [0.3, 0.4) is 0 Å². The molecule has 2 N–H and O–H groups in total. The van der Waals surface area contributed by atoms with E-state index in [4.69, 9.17) is 11.6 Å². The number of halogens is 2. The first-order chi connectivity index (χ1) is 13.1. The van der Waals surface area contributed by atoms with Crippen LogP contribution in [-0.2, 0) is 4.79 Å². The number of anilines is 3. The zero-order valence-corrected chi connectivity index (χ0v) is 14.8. The van der Waals surface area contributed by atoms with E-state index >= 15 is 0 Å². The number of benzene rings is 1. The molecule has 1 aliphatic heterocycles. The van der Waals surface area contributed by atoms with Crippen LogP contribution < -0.4 is 15.5 Å². The Kier molecular flexibility index (Phi) is 4.68. The Hall–Kier alpha value is -3.07. The van der Waals surface area contributed by atoms with E-state index in [2.05, 4.69) is 30.6 Å². The van der Waals surface area contributed by atoms with Crippen LogP contribution in [0.2, 0.25) is 5.02 Å². The van der Waals surface area contributed by atoms with Crippen molar-refractivity contribution in [1.82, 2.24) is 25.3 Å². The lowest BCUT2D eigenvalue weighted by Crippen LogP contribution is -2.32. The van der Waals surface area contributed by atoms with Gasteiger partial charge in [0.1, 0.15) is 23.2 Å². The molecule has 3 aromatic rings. The maximum absolute atomic E-state index is 13.4. The fraction of sp³-hybridized carbons (Fsp3) is 0.235. The normalized spacial score (nSPS) is 16.5. The van der Waals surface area contributed by atoms with E-state index in [9.17, 15) is 9.18 Å². The summed E-state index contributed by atoms with van der Waals surface area (Å²) in [5.41, 5.74) is 1.69. The van der Waals surface area contributed by atoms with E-state index < -0.39 is 5.82 Å². The van der Waals surface area contributed by atoms with Crippen molar-refractivity contribution in [1.29, 1.82) is 0 Å². The topological polar surface area (TPSA) is 95.9 Å². The average Bonchev–Trinajstić information content (AvgIpc) is 3.14. The maximum atomic E-state index is 13.4. The van der Waals surface area contributed by atoms with Crippen molar-refractivity contribution in [3.63, 3.8) is 0 Å². The molecule has 1 amide bonds. The second kappa shape index (κ2) is 7.28. The minimum Gasteiger partial charge on any atom is -0.354 e. The van der Waals surface area contributed by atoms with Crippen molar-refractivity contribution < 1.29 is 9.18 Å². The van der Waals surface area contributed by atoms with Crippen LogP contribution in [0.25, 0.3) is 11.0 Å². The summed E-state index contributed by atoms with van der Waals surface area (Å²) in [5.74, 6) is 0.507. The summed E-state index contributed by atoms with van der Waals surface area (Å²) in [4.78, 5) is 30.0. The van der Waals surface area contributed by atoms with Crippen molar-refractivity contribution in [2.45, 2.75) is 12.5 Å². The molecular formula is C17H15ClFN7O. The Morgan fingerprint density at radius 3 is 3.00 bits per heavy atom. The Bertz CT molecular complexity index is 1000. The number of carbonyl (C=O) groups excluding carboxylic acids is 1. The van der Waals surface area contributed by atoms with Gasteiger partial charge in [0.05, 0.1) is 11.2 Å². The monoisotopic (exact) mass is 387 g/mol. The molecule has 1 saturated heterocycles. The van der Waals surface area contributed by atoms with Crippen LogP contribution in [0.5, 0.6) is 0 Å². The minimum atomic E-state index is -0.494. The molecule has 3 heterocycles. The Morgan fingerprint density at radius 1 is 1.30 bits per heavy atom. The third-order valence-electron chi connectivity index (χ3n) is 4.32. The fourth-order valence-electron chi connectivity index (χ4n) is 2.97. The summed E-state index contributed by atoms with van der Waals surface area (Å²) in [6.07, 6.45) is 4.56.